The molecule has 2 nitrogen and oxygen atoms in total. The summed E-state index contributed by atoms with van der Waals surface area (Å²) in [5.41, 5.74) is 1.63. The highest BCUT2D eigenvalue weighted by atomic mass is 32.1. The molecule has 0 saturated heterocycles. The maximum Gasteiger partial charge on any atom is 0.0943 e. The van der Waals surface area contributed by atoms with Crippen LogP contribution in [-0.4, -0.2) is 17.6 Å². The van der Waals surface area contributed by atoms with E-state index >= 15 is 0 Å². The Hall–Kier alpha value is -0.410. The van der Waals surface area contributed by atoms with Gasteiger partial charge in [-0.15, -0.1) is 11.3 Å². The average Bonchev–Trinajstić information content (AvgIpc) is 2.75. The number of rotatable bonds is 5. The van der Waals surface area contributed by atoms with E-state index in [0.717, 1.165) is 13.0 Å². The second-order valence-electron chi connectivity index (χ2n) is 5.91. The van der Waals surface area contributed by atoms with E-state index in [2.05, 4.69) is 36.5 Å². The van der Waals surface area contributed by atoms with E-state index in [4.69, 9.17) is 0 Å². The monoisotopic (exact) mass is 266 g/mol. The van der Waals surface area contributed by atoms with E-state index < -0.39 is 0 Å². The number of nitrogens with zero attached hydrogens (tertiary/aromatic N) is 1. The fourth-order valence-electron chi connectivity index (χ4n) is 3.19. The average molecular weight is 266 g/mol. The van der Waals surface area contributed by atoms with Crippen molar-refractivity contribution in [1.82, 2.24) is 10.3 Å². The summed E-state index contributed by atoms with van der Waals surface area (Å²) < 4.78 is 0. The first kappa shape index (κ1) is 14.0. The van der Waals surface area contributed by atoms with Gasteiger partial charge in [-0.1, -0.05) is 33.1 Å². The second-order valence-corrected chi connectivity index (χ2v) is 6.85. The molecular weight excluding hydrogens is 240 g/mol. The number of aromatic nitrogens is 1. The third-order valence-electron chi connectivity index (χ3n) is 4.33. The summed E-state index contributed by atoms with van der Waals surface area (Å²) in [5.74, 6) is 0. The van der Waals surface area contributed by atoms with Gasteiger partial charge < -0.3 is 5.32 Å². The largest absolute Gasteiger partial charge is 0.313 e. The number of likely N-dealkylation sites (N-methyl/N-ethyl adjacent to an activating group) is 1. The van der Waals surface area contributed by atoms with Crippen molar-refractivity contribution in [2.75, 3.05) is 6.54 Å². The minimum atomic E-state index is 0.466. The lowest BCUT2D eigenvalue weighted by Crippen LogP contribution is -2.46. The van der Waals surface area contributed by atoms with Gasteiger partial charge in [-0.05, 0) is 31.7 Å². The summed E-state index contributed by atoms with van der Waals surface area (Å²) >= 11 is 1.82. The molecule has 0 spiro atoms. The Bertz CT molecular complexity index is 366. The lowest BCUT2D eigenvalue weighted by atomic mass is 9.69. The summed E-state index contributed by atoms with van der Waals surface area (Å²) in [6.07, 6.45) is 8.06. The topological polar surface area (TPSA) is 24.9 Å². The standard InChI is InChI=1S/C15H26N2S/c1-4-16-13(10-14-17-12(2)11-18-14)15(3)8-6-5-7-9-15/h11,13,16H,4-10H2,1-3H3. The molecule has 2 rings (SSSR count). The molecule has 1 unspecified atom stereocenters. The highest BCUT2D eigenvalue weighted by Crippen LogP contribution is 2.40. The lowest BCUT2D eigenvalue weighted by molar-refractivity contribution is 0.144. The van der Waals surface area contributed by atoms with Crippen molar-refractivity contribution >= 4 is 11.3 Å². The zero-order valence-electron chi connectivity index (χ0n) is 12.0. The molecule has 3 heteroatoms. The summed E-state index contributed by atoms with van der Waals surface area (Å²) in [6, 6.07) is 0.591. The first-order chi connectivity index (χ1) is 8.64. The molecule has 0 amide bonds. The molecule has 1 N–H and O–H groups in total. The third-order valence-corrected chi connectivity index (χ3v) is 5.32. The summed E-state index contributed by atoms with van der Waals surface area (Å²) in [5, 5.41) is 7.18. The van der Waals surface area contributed by atoms with Crippen molar-refractivity contribution in [2.45, 2.75) is 65.3 Å². The van der Waals surface area contributed by atoms with Crippen LogP contribution < -0.4 is 5.32 Å². The summed E-state index contributed by atoms with van der Waals surface area (Å²) in [6.45, 7) is 7.83. The highest BCUT2D eigenvalue weighted by molar-refractivity contribution is 7.09. The zero-order chi connectivity index (χ0) is 13.0. The van der Waals surface area contributed by atoms with Gasteiger partial charge in [0.15, 0.2) is 0 Å². The van der Waals surface area contributed by atoms with Gasteiger partial charge in [-0.25, -0.2) is 4.98 Å². The molecule has 0 aliphatic heterocycles. The number of thiazole rings is 1. The number of hydrogen-bond donors (Lipinski definition) is 1. The van der Waals surface area contributed by atoms with E-state index in [1.807, 2.05) is 11.3 Å². The van der Waals surface area contributed by atoms with Gasteiger partial charge >= 0.3 is 0 Å². The van der Waals surface area contributed by atoms with Crippen LogP contribution in [0.1, 0.15) is 56.7 Å². The van der Waals surface area contributed by atoms with Crippen LogP contribution in [0.2, 0.25) is 0 Å². The maximum absolute atomic E-state index is 4.64. The predicted molar refractivity (Wildman–Crippen MR) is 79.2 cm³/mol. The first-order valence-corrected chi connectivity index (χ1v) is 8.16. The molecule has 102 valence electrons. The van der Waals surface area contributed by atoms with E-state index in [-0.39, 0.29) is 0 Å². The van der Waals surface area contributed by atoms with Crippen molar-refractivity contribution in [3.8, 4) is 0 Å². The van der Waals surface area contributed by atoms with Crippen molar-refractivity contribution in [2.24, 2.45) is 5.41 Å². The maximum atomic E-state index is 4.64. The Kier molecular flexibility index (Phi) is 4.79. The first-order valence-electron chi connectivity index (χ1n) is 7.28. The fraction of sp³-hybridized carbons (Fsp3) is 0.800. The van der Waals surface area contributed by atoms with Gasteiger partial charge in [0, 0.05) is 23.5 Å². The Morgan fingerprint density at radius 3 is 2.67 bits per heavy atom. The van der Waals surface area contributed by atoms with Crippen LogP contribution in [-0.2, 0) is 6.42 Å². The Balaban J connectivity index is 2.06. The van der Waals surface area contributed by atoms with Gasteiger partial charge in [0.05, 0.1) is 5.01 Å². The minimum absolute atomic E-state index is 0.466. The normalized spacial score (nSPS) is 20.8. The van der Waals surface area contributed by atoms with Crippen molar-refractivity contribution in [3.63, 3.8) is 0 Å². The third kappa shape index (κ3) is 3.33. The van der Waals surface area contributed by atoms with Crippen LogP contribution in [0.3, 0.4) is 0 Å². The highest BCUT2D eigenvalue weighted by Gasteiger charge is 2.35. The fourth-order valence-corrected chi connectivity index (χ4v) is 4.01. The quantitative estimate of drug-likeness (QED) is 0.873. The molecule has 0 radical (unpaired) electrons. The Labute approximate surface area is 115 Å². The smallest absolute Gasteiger partial charge is 0.0943 e. The Morgan fingerprint density at radius 2 is 2.11 bits per heavy atom. The van der Waals surface area contributed by atoms with Crippen LogP contribution in [0, 0.1) is 12.3 Å². The van der Waals surface area contributed by atoms with Gasteiger partial charge in [0.1, 0.15) is 0 Å². The molecule has 1 fully saturated rings. The number of nitrogens with one attached hydrogen (secondary N) is 1. The SMILES string of the molecule is CCNC(Cc1nc(C)cs1)C1(C)CCCCC1. The molecule has 0 bridgehead atoms. The van der Waals surface area contributed by atoms with Crippen LogP contribution in [0.25, 0.3) is 0 Å². The van der Waals surface area contributed by atoms with Crippen LogP contribution >= 0.6 is 11.3 Å². The van der Waals surface area contributed by atoms with E-state index in [1.165, 1.54) is 42.8 Å². The molecule has 18 heavy (non-hydrogen) atoms. The molecular formula is C15H26N2S. The molecule has 1 aliphatic rings. The van der Waals surface area contributed by atoms with Crippen LogP contribution in [0.15, 0.2) is 5.38 Å². The molecule has 1 atom stereocenters. The zero-order valence-corrected chi connectivity index (χ0v) is 12.8. The molecule has 1 saturated carbocycles. The van der Waals surface area contributed by atoms with E-state index in [1.54, 1.807) is 0 Å². The predicted octanol–water partition coefficient (Wildman–Crippen LogP) is 3.94. The van der Waals surface area contributed by atoms with Crippen LogP contribution in [0.5, 0.6) is 0 Å². The Morgan fingerprint density at radius 1 is 1.39 bits per heavy atom. The lowest BCUT2D eigenvalue weighted by Gasteiger charge is -2.41. The van der Waals surface area contributed by atoms with Gasteiger partial charge in [-0.2, -0.15) is 0 Å². The summed E-state index contributed by atoms with van der Waals surface area (Å²) in [4.78, 5) is 4.64. The molecule has 1 heterocycles. The number of hydrogen-bond acceptors (Lipinski definition) is 3. The molecule has 1 aromatic rings. The van der Waals surface area contributed by atoms with Crippen molar-refractivity contribution in [1.29, 1.82) is 0 Å². The van der Waals surface area contributed by atoms with Crippen molar-refractivity contribution in [3.05, 3.63) is 16.1 Å². The molecule has 1 aromatic heterocycles. The van der Waals surface area contributed by atoms with Crippen molar-refractivity contribution < 1.29 is 0 Å². The van der Waals surface area contributed by atoms with Gasteiger partial charge in [0.25, 0.3) is 0 Å². The van der Waals surface area contributed by atoms with Crippen LogP contribution in [0.4, 0.5) is 0 Å². The van der Waals surface area contributed by atoms with E-state index in [9.17, 15) is 0 Å². The van der Waals surface area contributed by atoms with Gasteiger partial charge in [-0.3, -0.25) is 0 Å². The van der Waals surface area contributed by atoms with Gasteiger partial charge in [0.2, 0.25) is 0 Å². The minimum Gasteiger partial charge on any atom is -0.313 e. The second kappa shape index (κ2) is 6.16. The molecule has 1 aliphatic carbocycles. The van der Waals surface area contributed by atoms with E-state index in [0.29, 0.717) is 11.5 Å². The summed E-state index contributed by atoms with van der Waals surface area (Å²) in [7, 11) is 0. The molecule has 0 aromatic carbocycles. The number of aryl methyl sites for hydroxylation is 1.